The number of hydrogen-bond acceptors (Lipinski definition) is 4. The van der Waals surface area contributed by atoms with E-state index in [0.717, 1.165) is 5.69 Å². The maximum atomic E-state index is 11.9. The molecule has 98 valence electrons. The highest BCUT2D eigenvalue weighted by atomic mass is 16.5. The van der Waals surface area contributed by atoms with E-state index < -0.39 is 0 Å². The van der Waals surface area contributed by atoms with Crippen molar-refractivity contribution in [3.63, 3.8) is 0 Å². The maximum Gasteiger partial charge on any atom is 0.323 e. The number of allylic oxidation sites excluding steroid dienone is 2. The molecule has 2 aromatic rings. The van der Waals surface area contributed by atoms with Gasteiger partial charge in [0.2, 0.25) is 5.88 Å². The molecule has 20 heavy (non-hydrogen) atoms. The van der Waals surface area contributed by atoms with Crippen LogP contribution in [-0.4, -0.2) is 15.9 Å². The number of pyridine rings is 2. The number of nitrogens with zero attached hydrogens (tertiary/aromatic N) is 2. The molecule has 0 aromatic carbocycles. The van der Waals surface area contributed by atoms with Crippen molar-refractivity contribution in [2.75, 3.05) is 0 Å². The Balaban J connectivity index is 1.80. The van der Waals surface area contributed by atoms with Crippen molar-refractivity contribution >= 4 is 5.97 Å². The number of esters is 1. The predicted molar refractivity (Wildman–Crippen MR) is 74.9 cm³/mol. The van der Waals surface area contributed by atoms with Gasteiger partial charge < -0.3 is 4.74 Å². The lowest BCUT2D eigenvalue weighted by Gasteiger charge is -2.07. The normalized spacial score (nSPS) is 13.6. The number of aromatic nitrogens is 2. The van der Waals surface area contributed by atoms with E-state index in [9.17, 15) is 4.79 Å². The first-order valence-electron chi connectivity index (χ1n) is 6.28. The Kier molecular flexibility index (Phi) is 3.37. The van der Waals surface area contributed by atoms with Crippen molar-refractivity contribution in [2.24, 2.45) is 5.92 Å². The highest BCUT2D eigenvalue weighted by Crippen LogP contribution is 2.19. The molecule has 0 spiro atoms. The fourth-order valence-corrected chi connectivity index (χ4v) is 1.89. The van der Waals surface area contributed by atoms with Crippen LogP contribution in [-0.2, 0) is 4.79 Å². The van der Waals surface area contributed by atoms with Crippen molar-refractivity contribution in [1.29, 1.82) is 0 Å². The molecule has 0 amide bonds. The van der Waals surface area contributed by atoms with Gasteiger partial charge in [-0.3, -0.25) is 9.78 Å². The molecule has 0 radical (unpaired) electrons. The summed E-state index contributed by atoms with van der Waals surface area (Å²) in [5.74, 6) is -0.372. The Morgan fingerprint density at radius 1 is 1.00 bits per heavy atom. The third-order valence-electron chi connectivity index (χ3n) is 2.88. The second-order valence-corrected chi connectivity index (χ2v) is 4.29. The molecule has 4 nitrogen and oxygen atoms in total. The number of carbonyl (C=O) groups is 1. The second kappa shape index (κ2) is 5.48. The fourth-order valence-electron chi connectivity index (χ4n) is 1.89. The molecule has 2 heterocycles. The largest absolute Gasteiger partial charge is 0.407 e. The molecule has 4 heteroatoms. The van der Waals surface area contributed by atoms with E-state index in [2.05, 4.69) is 9.97 Å². The Labute approximate surface area is 116 Å². The van der Waals surface area contributed by atoms with Crippen LogP contribution in [0.15, 0.2) is 66.9 Å². The van der Waals surface area contributed by atoms with Crippen LogP contribution in [0.5, 0.6) is 5.88 Å². The zero-order valence-electron chi connectivity index (χ0n) is 10.6. The third kappa shape index (κ3) is 2.64. The minimum absolute atomic E-state index is 0.284. The number of ether oxygens (including phenoxy) is 1. The Hall–Kier alpha value is -2.75. The van der Waals surface area contributed by atoms with E-state index in [-0.39, 0.29) is 17.8 Å². The Morgan fingerprint density at radius 2 is 1.80 bits per heavy atom. The zero-order valence-corrected chi connectivity index (χ0v) is 10.6. The van der Waals surface area contributed by atoms with Gasteiger partial charge in [0.15, 0.2) is 0 Å². The molecular weight excluding hydrogens is 252 g/mol. The minimum Gasteiger partial charge on any atom is -0.407 e. The van der Waals surface area contributed by atoms with Crippen molar-refractivity contribution < 1.29 is 9.53 Å². The molecule has 0 atom stereocenters. The van der Waals surface area contributed by atoms with Crippen molar-refractivity contribution in [2.45, 2.75) is 0 Å². The summed E-state index contributed by atoms with van der Waals surface area (Å²) in [5.41, 5.74) is 1.42. The zero-order chi connectivity index (χ0) is 13.8. The van der Waals surface area contributed by atoms with Crippen LogP contribution < -0.4 is 4.74 Å². The molecule has 0 saturated carbocycles. The van der Waals surface area contributed by atoms with E-state index in [1.807, 2.05) is 36.4 Å². The summed E-state index contributed by atoms with van der Waals surface area (Å²) >= 11 is 0. The molecule has 1 aliphatic rings. The summed E-state index contributed by atoms with van der Waals surface area (Å²) in [6, 6.07) is 10.9. The third-order valence-corrected chi connectivity index (χ3v) is 2.88. The van der Waals surface area contributed by atoms with Crippen LogP contribution in [0.3, 0.4) is 0 Å². The lowest BCUT2D eigenvalue weighted by atomic mass is 10.2. The molecule has 3 rings (SSSR count). The lowest BCUT2D eigenvalue weighted by Crippen LogP contribution is -2.16. The van der Waals surface area contributed by atoms with E-state index in [1.54, 1.807) is 30.5 Å². The maximum absolute atomic E-state index is 11.9. The van der Waals surface area contributed by atoms with Gasteiger partial charge in [-0.15, -0.1) is 0 Å². The SMILES string of the molecule is O=C(Oc1cccc(-c2ccccn2)n1)C1C=CC=C1. The van der Waals surface area contributed by atoms with Gasteiger partial charge >= 0.3 is 5.97 Å². The van der Waals surface area contributed by atoms with E-state index in [1.165, 1.54) is 0 Å². The first-order valence-corrected chi connectivity index (χ1v) is 6.28. The molecular formula is C16H12N2O2. The Bertz CT molecular complexity index is 666. The summed E-state index contributed by atoms with van der Waals surface area (Å²) in [6.07, 6.45) is 8.91. The van der Waals surface area contributed by atoms with Gasteiger partial charge in [0, 0.05) is 12.3 Å². The quantitative estimate of drug-likeness (QED) is 0.800. The summed E-state index contributed by atoms with van der Waals surface area (Å²) in [6.45, 7) is 0. The van der Waals surface area contributed by atoms with Gasteiger partial charge in [0.25, 0.3) is 0 Å². The van der Waals surface area contributed by atoms with Gasteiger partial charge in [-0.25, -0.2) is 4.98 Å². The number of rotatable bonds is 3. The predicted octanol–water partition coefficient (Wildman–Crippen LogP) is 2.79. The van der Waals surface area contributed by atoms with Crippen LogP contribution in [0.1, 0.15) is 0 Å². The molecule has 0 N–H and O–H groups in total. The Morgan fingerprint density at radius 3 is 2.55 bits per heavy atom. The van der Waals surface area contributed by atoms with Crippen LogP contribution >= 0.6 is 0 Å². The van der Waals surface area contributed by atoms with Crippen LogP contribution in [0.4, 0.5) is 0 Å². The van der Waals surface area contributed by atoms with Gasteiger partial charge in [-0.1, -0.05) is 36.4 Å². The smallest absolute Gasteiger partial charge is 0.323 e. The first-order chi connectivity index (χ1) is 9.83. The summed E-state index contributed by atoms with van der Waals surface area (Å²) < 4.78 is 5.28. The first kappa shape index (κ1) is 12.3. The van der Waals surface area contributed by atoms with Gasteiger partial charge in [-0.05, 0) is 18.2 Å². The molecule has 0 unspecified atom stereocenters. The van der Waals surface area contributed by atoms with E-state index >= 15 is 0 Å². The van der Waals surface area contributed by atoms with Gasteiger partial charge in [-0.2, -0.15) is 0 Å². The summed E-state index contributed by atoms with van der Waals surface area (Å²) in [4.78, 5) is 20.4. The van der Waals surface area contributed by atoms with Crippen LogP contribution in [0, 0.1) is 5.92 Å². The topological polar surface area (TPSA) is 52.1 Å². The molecule has 0 saturated heterocycles. The van der Waals surface area contributed by atoms with Crippen molar-refractivity contribution in [3.8, 4) is 17.3 Å². The summed E-state index contributed by atoms with van der Waals surface area (Å²) in [5, 5.41) is 0. The highest BCUT2D eigenvalue weighted by molar-refractivity contribution is 5.79. The minimum atomic E-state index is -0.333. The van der Waals surface area contributed by atoms with Crippen LogP contribution in [0.25, 0.3) is 11.4 Å². The van der Waals surface area contributed by atoms with E-state index in [4.69, 9.17) is 4.74 Å². The molecule has 2 aromatic heterocycles. The van der Waals surface area contributed by atoms with Gasteiger partial charge in [0.05, 0.1) is 17.3 Å². The second-order valence-electron chi connectivity index (χ2n) is 4.29. The molecule has 0 fully saturated rings. The summed E-state index contributed by atoms with van der Waals surface area (Å²) in [7, 11) is 0. The highest BCUT2D eigenvalue weighted by Gasteiger charge is 2.17. The van der Waals surface area contributed by atoms with Crippen LogP contribution in [0.2, 0.25) is 0 Å². The van der Waals surface area contributed by atoms with Crippen molar-refractivity contribution in [1.82, 2.24) is 9.97 Å². The van der Waals surface area contributed by atoms with Crippen molar-refractivity contribution in [3.05, 3.63) is 66.9 Å². The lowest BCUT2D eigenvalue weighted by molar-refractivity contribution is -0.136. The average Bonchev–Trinajstić information content (AvgIpc) is 3.03. The average molecular weight is 264 g/mol. The molecule has 0 aliphatic heterocycles. The monoisotopic (exact) mass is 264 g/mol. The number of carbonyl (C=O) groups excluding carboxylic acids is 1. The number of hydrogen-bond donors (Lipinski definition) is 0. The fraction of sp³-hybridized carbons (Fsp3) is 0.0625. The molecule has 0 bridgehead atoms. The molecule has 1 aliphatic carbocycles. The van der Waals surface area contributed by atoms with Gasteiger partial charge in [0.1, 0.15) is 0 Å². The van der Waals surface area contributed by atoms with E-state index in [0.29, 0.717) is 5.69 Å². The standard InChI is InChI=1S/C16H12N2O2/c19-16(12-6-1-2-7-12)20-15-10-5-9-14(18-15)13-8-3-4-11-17-13/h1-12H.